The van der Waals surface area contributed by atoms with Crippen molar-refractivity contribution in [1.82, 2.24) is 9.80 Å². The zero-order valence-corrected chi connectivity index (χ0v) is 19.7. The van der Waals surface area contributed by atoms with Crippen molar-refractivity contribution in [2.45, 2.75) is 89.1 Å². The van der Waals surface area contributed by atoms with Gasteiger partial charge in [0.2, 0.25) is 17.7 Å². The van der Waals surface area contributed by atoms with Crippen LogP contribution in [0.4, 0.5) is 0 Å². The second kappa shape index (κ2) is 9.65. The van der Waals surface area contributed by atoms with Gasteiger partial charge >= 0.3 is 5.97 Å². The minimum atomic E-state index is -1.22. The first kappa shape index (κ1) is 23.5. The number of rotatable bonds is 6. The molecule has 1 aromatic rings. The molecular weight excluding hydrogens is 420 g/mol. The number of benzene rings is 1. The Balaban J connectivity index is 1.68. The Labute approximate surface area is 195 Å². The Morgan fingerprint density at radius 1 is 1.06 bits per heavy atom. The molecule has 0 spiro atoms. The number of ether oxygens (including phenoxy) is 1. The first-order valence-corrected chi connectivity index (χ1v) is 12.3. The van der Waals surface area contributed by atoms with Crippen LogP contribution in [-0.2, 0) is 29.3 Å². The van der Waals surface area contributed by atoms with Gasteiger partial charge in [-0.1, -0.05) is 37.1 Å². The van der Waals surface area contributed by atoms with Crippen LogP contribution in [0.15, 0.2) is 24.3 Å². The van der Waals surface area contributed by atoms with Gasteiger partial charge in [-0.3, -0.25) is 19.3 Å². The highest BCUT2D eigenvalue weighted by Gasteiger charge is 2.56. The fraction of sp³-hybridized carbons (Fsp3) is 0.615. The van der Waals surface area contributed by atoms with Crippen LogP contribution in [0.2, 0.25) is 0 Å². The molecule has 0 N–H and O–H groups in total. The van der Waals surface area contributed by atoms with Gasteiger partial charge in [0.05, 0.1) is 12.0 Å². The van der Waals surface area contributed by atoms with Gasteiger partial charge in [0.1, 0.15) is 6.04 Å². The van der Waals surface area contributed by atoms with Crippen molar-refractivity contribution in [2.75, 3.05) is 13.2 Å². The average molecular weight is 455 g/mol. The molecular formula is C26H34N2O5. The lowest BCUT2D eigenvalue weighted by molar-refractivity contribution is -0.157. The van der Waals surface area contributed by atoms with E-state index in [2.05, 4.69) is 0 Å². The maximum atomic E-state index is 14.0. The van der Waals surface area contributed by atoms with Crippen LogP contribution in [0, 0.1) is 6.92 Å². The van der Waals surface area contributed by atoms with Crippen molar-refractivity contribution >= 4 is 23.7 Å². The van der Waals surface area contributed by atoms with E-state index in [4.69, 9.17) is 4.74 Å². The van der Waals surface area contributed by atoms with E-state index >= 15 is 0 Å². The highest BCUT2D eigenvalue weighted by atomic mass is 16.5. The summed E-state index contributed by atoms with van der Waals surface area (Å²) in [6.07, 6.45) is 5.77. The maximum absolute atomic E-state index is 14.0. The Bertz CT molecular complexity index is 938. The molecule has 7 nitrogen and oxygen atoms in total. The summed E-state index contributed by atoms with van der Waals surface area (Å²) in [7, 11) is 0. The van der Waals surface area contributed by atoms with Gasteiger partial charge in [-0.05, 0) is 57.1 Å². The molecule has 0 radical (unpaired) electrons. The summed E-state index contributed by atoms with van der Waals surface area (Å²) >= 11 is 0. The minimum Gasteiger partial charge on any atom is -0.464 e. The molecule has 2 heterocycles. The molecule has 2 saturated heterocycles. The number of hydrogen-bond acceptors (Lipinski definition) is 5. The van der Waals surface area contributed by atoms with E-state index < -0.39 is 17.4 Å². The third-order valence-corrected chi connectivity index (χ3v) is 7.54. The summed E-state index contributed by atoms with van der Waals surface area (Å²) in [4.78, 5) is 56.4. The van der Waals surface area contributed by atoms with Crippen molar-refractivity contribution in [3.05, 3.63) is 35.4 Å². The van der Waals surface area contributed by atoms with Gasteiger partial charge in [-0.15, -0.1) is 0 Å². The molecule has 2 atom stereocenters. The molecule has 4 rings (SSSR count). The maximum Gasteiger partial charge on any atom is 0.328 e. The number of amides is 3. The van der Waals surface area contributed by atoms with Crippen molar-refractivity contribution in [2.24, 2.45) is 0 Å². The molecule has 0 aromatic heterocycles. The number of hydrogen-bond donors (Lipinski definition) is 0. The lowest BCUT2D eigenvalue weighted by Crippen LogP contribution is -2.52. The van der Waals surface area contributed by atoms with Crippen molar-refractivity contribution in [1.29, 1.82) is 0 Å². The fourth-order valence-corrected chi connectivity index (χ4v) is 5.92. The second-order valence-corrected chi connectivity index (χ2v) is 9.61. The van der Waals surface area contributed by atoms with E-state index in [1.54, 1.807) is 11.8 Å². The SMILES string of the molecule is CCOC(=O)[C@@H]1CCCCN1C(=O)C[C@@]1(c2ccccc2C)CC(=O)N(C2CCCC2)C1=O. The van der Waals surface area contributed by atoms with Crippen molar-refractivity contribution in [3.63, 3.8) is 0 Å². The molecule has 1 aromatic carbocycles. The van der Waals surface area contributed by atoms with Crippen LogP contribution in [0.25, 0.3) is 0 Å². The predicted molar refractivity (Wildman–Crippen MR) is 122 cm³/mol. The quantitative estimate of drug-likeness (QED) is 0.487. The standard InChI is InChI=1S/C26H34N2O5/c1-3-33-24(31)21-14-8-9-15-27(21)22(29)16-26(20-13-7-4-10-18(20)2)17-23(30)28(25(26)32)19-11-5-6-12-19/h4,7,10,13,19,21H,3,5-6,8-9,11-12,14-17H2,1-2H3/t21-,26-/m0/s1. The average Bonchev–Trinajstić information content (AvgIpc) is 3.41. The number of esters is 1. The smallest absolute Gasteiger partial charge is 0.328 e. The predicted octanol–water partition coefficient (Wildman–Crippen LogP) is 3.27. The van der Waals surface area contributed by atoms with Crippen LogP contribution >= 0.6 is 0 Å². The van der Waals surface area contributed by atoms with E-state index in [1.807, 2.05) is 31.2 Å². The first-order chi connectivity index (χ1) is 15.9. The number of imide groups is 1. The molecule has 3 fully saturated rings. The number of piperidine rings is 1. The van der Waals surface area contributed by atoms with Gasteiger partial charge in [-0.25, -0.2) is 4.79 Å². The Morgan fingerprint density at radius 2 is 1.76 bits per heavy atom. The second-order valence-electron chi connectivity index (χ2n) is 9.61. The number of nitrogens with zero attached hydrogens (tertiary/aromatic N) is 2. The molecule has 7 heteroatoms. The summed E-state index contributed by atoms with van der Waals surface area (Å²) in [5.74, 6) is -1.10. The monoisotopic (exact) mass is 454 g/mol. The fourth-order valence-electron chi connectivity index (χ4n) is 5.92. The Morgan fingerprint density at radius 3 is 2.45 bits per heavy atom. The van der Waals surface area contributed by atoms with Gasteiger partial charge in [-0.2, -0.15) is 0 Å². The van der Waals surface area contributed by atoms with Gasteiger partial charge in [0.15, 0.2) is 0 Å². The topological polar surface area (TPSA) is 84.0 Å². The zero-order valence-electron chi connectivity index (χ0n) is 19.7. The van der Waals surface area contributed by atoms with Crippen molar-refractivity contribution in [3.8, 4) is 0 Å². The number of carbonyl (C=O) groups is 4. The van der Waals surface area contributed by atoms with Crippen LogP contribution in [-0.4, -0.2) is 58.7 Å². The number of carbonyl (C=O) groups excluding carboxylic acids is 4. The molecule has 2 aliphatic heterocycles. The van der Waals surface area contributed by atoms with E-state index in [0.29, 0.717) is 13.0 Å². The number of aryl methyl sites for hydroxylation is 1. The molecule has 3 aliphatic rings. The van der Waals surface area contributed by atoms with Gasteiger partial charge in [0.25, 0.3) is 0 Å². The van der Waals surface area contributed by atoms with E-state index in [9.17, 15) is 19.2 Å². The Kier molecular flexibility index (Phi) is 6.86. The summed E-state index contributed by atoms with van der Waals surface area (Å²) in [6, 6.07) is 6.83. The molecule has 0 bridgehead atoms. The molecule has 33 heavy (non-hydrogen) atoms. The highest BCUT2D eigenvalue weighted by molar-refractivity contribution is 6.11. The van der Waals surface area contributed by atoms with Crippen LogP contribution in [0.1, 0.15) is 75.8 Å². The van der Waals surface area contributed by atoms with E-state index in [0.717, 1.165) is 49.7 Å². The third-order valence-electron chi connectivity index (χ3n) is 7.54. The molecule has 178 valence electrons. The van der Waals surface area contributed by atoms with Gasteiger partial charge < -0.3 is 9.64 Å². The van der Waals surface area contributed by atoms with Crippen molar-refractivity contribution < 1.29 is 23.9 Å². The first-order valence-electron chi connectivity index (χ1n) is 12.3. The Hall–Kier alpha value is -2.70. The lowest BCUT2D eigenvalue weighted by Gasteiger charge is -2.37. The molecule has 0 unspecified atom stereocenters. The van der Waals surface area contributed by atoms with Crippen LogP contribution in [0.5, 0.6) is 0 Å². The molecule has 1 saturated carbocycles. The van der Waals surface area contributed by atoms with Gasteiger partial charge in [0, 0.05) is 25.4 Å². The summed E-state index contributed by atoms with van der Waals surface area (Å²) in [5, 5.41) is 0. The van der Waals surface area contributed by atoms with E-state index in [1.165, 1.54) is 4.90 Å². The third kappa shape index (κ3) is 4.30. The van der Waals surface area contributed by atoms with Crippen LogP contribution < -0.4 is 0 Å². The highest BCUT2D eigenvalue weighted by Crippen LogP contribution is 2.44. The summed E-state index contributed by atoms with van der Waals surface area (Å²) in [6.45, 7) is 4.38. The zero-order chi connectivity index (χ0) is 23.6. The summed E-state index contributed by atoms with van der Waals surface area (Å²) in [5.41, 5.74) is 0.404. The number of likely N-dealkylation sites (tertiary alicyclic amines) is 2. The molecule has 1 aliphatic carbocycles. The largest absolute Gasteiger partial charge is 0.464 e. The molecule has 3 amide bonds. The lowest BCUT2D eigenvalue weighted by atomic mass is 9.73. The van der Waals surface area contributed by atoms with E-state index in [-0.39, 0.29) is 43.2 Å². The normalized spacial score (nSPS) is 26.2. The summed E-state index contributed by atoms with van der Waals surface area (Å²) < 4.78 is 5.22. The van der Waals surface area contributed by atoms with Crippen LogP contribution in [0.3, 0.4) is 0 Å². The minimum absolute atomic E-state index is 0.00314.